The fraction of sp³-hybridized carbons (Fsp3) is 0.294. The lowest BCUT2D eigenvalue weighted by atomic mass is 9.77. The Kier molecular flexibility index (Phi) is 5.42. The molecular weight excluding hydrogens is 263 g/mol. The van der Waals surface area contributed by atoms with Crippen molar-refractivity contribution < 1.29 is 14.8 Å². The number of hydrogen-bond acceptors (Lipinski definition) is 3. The van der Waals surface area contributed by atoms with Crippen molar-refractivity contribution in [2.24, 2.45) is 0 Å². The van der Waals surface area contributed by atoms with E-state index < -0.39 is 7.12 Å². The molecule has 0 saturated carbocycles. The fourth-order valence-corrected chi connectivity index (χ4v) is 2.31. The number of para-hydroxylation sites is 1. The minimum atomic E-state index is -1.48. The molecule has 0 amide bonds. The first-order chi connectivity index (χ1) is 10.1. The molecule has 0 aliphatic carbocycles. The predicted octanol–water partition coefficient (Wildman–Crippen LogP) is 2.46. The average molecular weight is 284 g/mol. The van der Waals surface area contributed by atoms with Gasteiger partial charge in [-0.2, -0.15) is 0 Å². The Morgan fingerprint density at radius 1 is 1.05 bits per heavy atom. The molecule has 3 nitrogen and oxygen atoms in total. The van der Waals surface area contributed by atoms with E-state index in [1.165, 1.54) is 5.56 Å². The van der Waals surface area contributed by atoms with Gasteiger partial charge < -0.3 is 14.8 Å². The molecule has 21 heavy (non-hydrogen) atoms. The van der Waals surface area contributed by atoms with Gasteiger partial charge in [0.2, 0.25) is 0 Å². The Bertz CT molecular complexity index is 584. The van der Waals surface area contributed by atoms with Crippen LogP contribution in [-0.2, 0) is 6.61 Å². The van der Waals surface area contributed by atoms with E-state index >= 15 is 0 Å². The van der Waals surface area contributed by atoms with Gasteiger partial charge in [0.1, 0.15) is 12.4 Å². The second-order valence-electron chi connectivity index (χ2n) is 5.21. The Morgan fingerprint density at radius 2 is 1.71 bits per heavy atom. The second kappa shape index (κ2) is 7.30. The van der Waals surface area contributed by atoms with Crippen molar-refractivity contribution in [3.8, 4) is 5.75 Å². The van der Waals surface area contributed by atoms with E-state index in [-0.39, 0.29) is 0 Å². The molecule has 2 aromatic carbocycles. The van der Waals surface area contributed by atoms with Crippen molar-refractivity contribution >= 4 is 12.6 Å². The van der Waals surface area contributed by atoms with E-state index in [9.17, 15) is 10.0 Å². The Labute approximate surface area is 126 Å². The zero-order chi connectivity index (χ0) is 15.2. The third-order valence-corrected chi connectivity index (χ3v) is 3.78. The van der Waals surface area contributed by atoms with Crippen LogP contribution in [0.3, 0.4) is 0 Å². The highest BCUT2D eigenvalue weighted by molar-refractivity contribution is 6.59. The summed E-state index contributed by atoms with van der Waals surface area (Å²) in [4.78, 5) is 0. The van der Waals surface area contributed by atoms with Gasteiger partial charge in [0, 0.05) is 0 Å². The summed E-state index contributed by atoms with van der Waals surface area (Å²) in [7, 11) is -1.48. The van der Waals surface area contributed by atoms with Gasteiger partial charge in [0.05, 0.1) is 0 Å². The largest absolute Gasteiger partial charge is 0.489 e. The fourth-order valence-electron chi connectivity index (χ4n) is 2.31. The van der Waals surface area contributed by atoms with Gasteiger partial charge in [0.25, 0.3) is 0 Å². The molecule has 0 fully saturated rings. The molecule has 0 aliphatic rings. The molecule has 0 saturated heterocycles. The molecular formula is C17H21BO3. The van der Waals surface area contributed by atoms with Gasteiger partial charge in [-0.1, -0.05) is 56.3 Å². The second-order valence-corrected chi connectivity index (χ2v) is 5.21. The minimum Gasteiger partial charge on any atom is -0.489 e. The quantitative estimate of drug-likeness (QED) is 0.801. The monoisotopic (exact) mass is 284 g/mol. The molecule has 0 aromatic heterocycles. The van der Waals surface area contributed by atoms with E-state index in [1.807, 2.05) is 30.3 Å². The van der Waals surface area contributed by atoms with Crippen LogP contribution in [0.2, 0.25) is 0 Å². The number of rotatable bonds is 6. The van der Waals surface area contributed by atoms with E-state index in [0.29, 0.717) is 18.0 Å². The van der Waals surface area contributed by atoms with E-state index in [2.05, 4.69) is 19.9 Å². The van der Waals surface area contributed by atoms with Gasteiger partial charge in [-0.25, -0.2) is 0 Å². The normalized spacial score (nSPS) is 12.0. The van der Waals surface area contributed by atoms with Gasteiger partial charge in [-0.3, -0.25) is 0 Å². The van der Waals surface area contributed by atoms with Crippen LogP contribution in [0.15, 0.2) is 48.5 Å². The summed E-state index contributed by atoms with van der Waals surface area (Å²) < 4.78 is 5.91. The van der Waals surface area contributed by atoms with Crippen molar-refractivity contribution in [1.82, 2.24) is 0 Å². The van der Waals surface area contributed by atoms with Gasteiger partial charge in [-0.15, -0.1) is 0 Å². The van der Waals surface area contributed by atoms with E-state index in [1.54, 1.807) is 12.1 Å². The third-order valence-electron chi connectivity index (χ3n) is 3.78. The van der Waals surface area contributed by atoms with E-state index in [4.69, 9.17) is 4.74 Å². The topological polar surface area (TPSA) is 49.7 Å². The first kappa shape index (κ1) is 15.6. The maximum atomic E-state index is 9.38. The van der Waals surface area contributed by atoms with Crippen LogP contribution in [0.5, 0.6) is 5.75 Å². The van der Waals surface area contributed by atoms with Crippen molar-refractivity contribution in [2.75, 3.05) is 0 Å². The standard InChI is InChI=1S/C17H21BO3/c1-3-13(2)15-9-5-7-11-17(15)21-12-14-8-4-6-10-16(14)18(19)20/h4-11,13,19-20H,3,12H2,1-2H3. The summed E-state index contributed by atoms with van der Waals surface area (Å²) >= 11 is 0. The van der Waals surface area contributed by atoms with Crippen molar-refractivity contribution in [3.63, 3.8) is 0 Å². The van der Waals surface area contributed by atoms with Crippen LogP contribution in [0.1, 0.15) is 37.3 Å². The molecule has 0 bridgehead atoms. The van der Waals surface area contributed by atoms with Crippen molar-refractivity contribution in [3.05, 3.63) is 59.7 Å². The zero-order valence-electron chi connectivity index (χ0n) is 12.5. The zero-order valence-corrected chi connectivity index (χ0v) is 12.5. The van der Waals surface area contributed by atoms with Crippen LogP contribution in [0.25, 0.3) is 0 Å². The molecule has 1 unspecified atom stereocenters. The molecule has 2 N–H and O–H groups in total. The lowest BCUT2D eigenvalue weighted by Gasteiger charge is -2.16. The summed E-state index contributed by atoms with van der Waals surface area (Å²) in [5.41, 5.74) is 2.45. The predicted molar refractivity (Wildman–Crippen MR) is 85.7 cm³/mol. The molecule has 1 atom stereocenters. The molecule has 0 heterocycles. The molecule has 0 radical (unpaired) electrons. The lowest BCUT2D eigenvalue weighted by Crippen LogP contribution is -2.33. The maximum absolute atomic E-state index is 9.38. The van der Waals surface area contributed by atoms with Gasteiger partial charge in [-0.05, 0) is 35.0 Å². The third kappa shape index (κ3) is 3.87. The highest BCUT2D eigenvalue weighted by Crippen LogP contribution is 2.28. The number of ether oxygens (including phenoxy) is 1. The summed E-state index contributed by atoms with van der Waals surface area (Å²) in [5.74, 6) is 1.29. The SMILES string of the molecule is CCC(C)c1ccccc1OCc1ccccc1B(O)O. The first-order valence-electron chi connectivity index (χ1n) is 7.29. The first-order valence-corrected chi connectivity index (χ1v) is 7.29. The summed E-state index contributed by atoms with van der Waals surface area (Å²) in [6, 6.07) is 15.2. The Hall–Kier alpha value is -1.78. The van der Waals surface area contributed by atoms with Gasteiger partial charge >= 0.3 is 7.12 Å². The van der Waals surface area contributed by atoms with Crippen LogP contribution < -0.4 is 10.2 Å². The Balaban J connectivity index is 2.18. The average Bonchev–Trinajstić information content (AvgIpc) is 2.52. The summed E-state index contributed by atoms with van der Waals surface area (Å²) in [5, 5.41) is 18.8. The maximum Gasteiger partial charge on any atom is 0.488 e. The minimum absolute atomic E-state index is 0.321. The molecule has 0 aliphatic heterocycles. The summed E-state index contributed by atoms with van der Waals surface area (Å²) in [6.45, 7) is 4.65. The van der Waals surface area contributed by atoms with E-state index in [0.717, 1.165) is 17.7 Å². The van der Waals surface area contributed by atoms with Crippen LogP contribution in [0.4, 0.5) is 0 Å². The van der Waals surface area contributed by atoms with Crippen molar-refractivity contribution in [1.29, 1.82) is 0 Å². The Morgan fingerprint density at radius 3 is 2.43 bits per heavy atom. The number of benzene rings is 2. The molecule has 4 heteroatoms. The molecule has 0 spiro atoms. The summed E-state index contributed by atoms with van der Waals surface area (Å²) in [6.07, 6.45) is 1.05. The van der Waals surface area contributed by atoms with Crippen LogP contribution in [0, 0.1) is 0 Å². The van der Waals surface area contributed by atoms with Crippen molar-refractivity contribution in [2.45, 2.75) is 32.8 Å². The highest BCUT2D eigenvalue weighted by atomic mass is 16.5. The van der Waals surface area contributed by atoms with Crippen LogP contribution in [-0.4, -0.2) is 17.2 Å². The smallest absolute Gasteiger partial charge is 0.488 e. The molecule has 2 rings (SSSR count). The molecule has 110 valence electrons. The van der Waals surface area contributed by atoms with Gasteiger partial charge in [0.15, 0.2) is 0 Å². The van der Waals surface area contributed by atoms with Crippen LogP contribution >= 0.6 is 0 Å². The number of hydrogen-bond donors (Lipinski definition) is 2. The molecule has 2 aromatic rings. The highest BCUT2D eigenvalue weighted by Gasteiger charge is 2.16. The lowest BCUT2D eigenvalue weighted by molar-refractivity contribution is 0.301.